The molecule has 1 aromatic heterocycles. The van der Waals surface area contributed by atoms with Crippen LogP contribution < -0.4 is 16.4 Å². The van der Waals surface area contributed by atoms with Crippen molar-refractivity contribution in [3.8, 4) is 0 Å². The smallest absolute Gasteiger partial charge is 0.223 e. The van der Waals surface area contributed by atoms with Gasteiger partial charge < -0.3 is 16.4 Å². The second-order valence-electron chi connectivity index (χ2n) is 4.58. The summed E-state index contributed by atoms with van der Waals surface area (Å²) in [7, 11) is 1.79. The Kier molecular flexibility index (Phi) is 3.62. The Hall–Kier alpha value is -2.34. The summed E-state index contributed by atoms with van der Waals surface area (Å²) >= 11 is 3.48. The quantitative estimate of drug-likeness (QED) is 0.675. The van der Waals surface area contributed by atoms with E-state index in [2.05, 4.69) is 60.8 Å². The summed E-state index contributed by atoms with van der Waals surface area (Å²) in [6.45, 7) is 0. The highest BCUT2D eigenvalue weighted by Gasteiger charge is 2.03. The fourth-order valence-corrected chi connectivity index (χ4v) is 2.48. The molecule has 0 aliphatic heterocycles. The van der Waals surface area contributed by atoms with E-state index < -0.39 is 0 Å². The van der Waals surface area contributed by atoms with Gasteiger partial charge in [-0.3, -0.25) is 0 Å². The van der Waals surface area contributed by atoms with Crippen molar-refractivity contribution in [2.75, 3.05) is 23.4 Å². The Balaban J connectivity index is 1.94. The summed E-state index contributed by atoms with van der Waals surface area (Å²) in [5.74, 6) is 1.56. The molecule has 0 bridgehead atoms. The van der Waals surface area contributed by atoms with Crippen LogP contribution in [-0.4, -0.2) is 17.0 Å². The third-order valence-corrected chi connectivity index (χ3v) is 3.57. The largest absolute Gasteiger partial charge is 0.373 e. The number of nitrogens with one attached hydrogen (secondary N) is 2. The van der Waals surface area contributed by atoms with Gasteiger partial charge in [0.15, 0.2) is 0 Å². The van der Waals surface area contributed by atoms with Crippen LogP contribution in [-0.2, 0) is 0 Å². The Bertz CT molecular complexity index is 803. The van der Waals surface area contributed by atoms with Crippen molar-refractivity contribution in [3.63, 3.8) is 0 Å². The van der Waals surface area contributed by atoms with E-state index in [0.29, 0.717) is 11.6 Å². The van der Waals surface area contributed by atoms with E-state index in [0.717, 1.165) is 15.5 Å². The monoisotopic (exact) mass is 343 g/mol. The number of hydrogen-bond acceptors (Lipinski definition) is 5. The van der Waals surface area contributed by atoms with Crippen LogP contribution in [0.1, 0.15) is 0 Å². The molecule has 0 fully saturated rings. The summed E-state index contributed by atoms with van der Waals surface area (Å²) in [6, 6.07) is 14.1. The molecule has 2 aromatic carbocycles. The summed E-state index contributed by atoms with van der Waals surface area (Å²) in [5, 5.41) is 8.52. The van der Waals surface area contributed by atoms with Gasteiger partial charge >= 0.3 is 0 Å². The average molecular weight is 344 g/mol. The maximum Gasteiger partial charge on any atom is 0.223 e. The molecule has 106 valence electrons. The number of hydrogen-bond donors (Lipinski definition) is 3. The average Bonchev–Trinajstić information content (AvgIpc) is 2.47. The van der Waals surface area contributed by atoms with E-state index in [1.54, 1.807) is 7.05 Å². The molecule has 21 heavy (non-hydrogen) atoms. The molecule has 1 heterocycles. The molecule has 6 heteroatoms. The number of nitrogens with zero attached hydrogens (tertiary/aromatic N) is 2. The van der Waals surface area contributed by atoms with Gasteiger partial charge in [0.25, 0.3) is 0 Å². The number of aromatic nitrogens is 2. The zero-order valence-electron chi connectivity index (χ0n) is 11.4. The van der Waals surface area contributed by atoms with Crippen LogP contribution >= 0.6 is 15.9 Å². The number of anilines is 4. The molecule has 0 unspecified atom stereocenters. The minimum Gasteiger partial charge on any atom is -0.373 e. The van der Waals surface area contributed by atoms with Crippen LogP contribution in [0.3, 0.4) is 0 Å². The van der Waals surface area contributed by atoms with Gasteiger partial charge in [-0.15, -0.1) is 0 Å². The third kappa shape index (κ3) is 3.05. The van der Waals surface area contributed by atoms with Crippen LogP contribution in [0, 0.1) is 0 Å². The SMILES string of the molecule is CNc1cc(Nc2ccc3cc(Br)ccc3c2)nc(N)n1. The van der Waals surface area contributed by atoms with E-state index in [-0.39, 0.29) is 5.95 Å². The second kappa shape index (κ2) is 5.57. The van der Waals surface area contributed by atoms with Crippen molar-refractivity contribution in [1.82, 2.24) is 9.97 Å². The van der Waals surface area contributed by atoms with E-state index in [1.165, 1.54) is 5.39 Å². The van der Waals surface area contributed by atoms with Gasteiger partial charge in [0.2, 0.25) is 5.95 Å². The minimum atomic E-state index is 0.231. The minimum absolute atomic E-state index is 0.231. The van der Waals surface area contributed by atoms with Crippen molar-refractivity contribution in [2.45, 2.75) is 0 Å². The number of nitrogen functional groups attached to an aromatic ring is 1. The molecule has 0 saturated heterocycles. The van der Waals surface area contributed by atoms with Crippen molar-refractivity contribution >= 4 is 50.0 Å². The lowest BCUT2D eigenvalue weighted by atomic mass is 10.1. The van der Waals surface area contributed by atoms with Crippen molar-refractivity contribution in [3.05, 3.63) is 46.9 Å². The predicted octanol–water partition coefficient (Wildman–Crippen LogP) is 3.76. The van der Waals surface area contributed by atoms with Crippen LogP contribution in [0.5, 0.6) is 0 Å². The Morgan fingerprint density at radius 2 is 1.67 bits per heavy atom. The molecular formula is C15H14BrN5. The topological polar surface area (TPSA) is 75.9 Å². The van der Waals surface area contributed by atoms with E-state index in [4.69, 9.17) is 5.73 Å². The lowest BCUT2D eigenvalue weighted by Crippen LogP contribution is -2.03. The van der Waals surface area contributed by atoms with Gasteiger partial charge in [-0.05, 0) is 35.0 Å². The van der Waals surface area contributed by atoms with Crippen molar-refractivity contribution in [1.29, 1.82) is 0 Å². The standard InChI is InChI=1S/C15H14BrN5/c1-18-13-8-14(21-15(17)20-13)19-12-5-3-9-6-11(16)4-2-10(9)7-12/h2-8H,1H3,(H4,17,18,19,20,21). The zero-order valence-corrected chi connectivity index (χ0v) is 13.0. The van der Waals surface area contributed by atoms with Crippen molar-refractivity contribution < 1.29 is 0 Å². The normalized spacial score (nSPS) is 10.6. The molecule has 0 spiro atoms. The summed E-state index contributed by atoms with van der Waals surface area (Å²) in [5.41, 5.74) is 6.64. The molecule has 3 aromatic rings. The highest BCUT2D eigenvalue weighted by molar-refractivity contribution is 9.10. The highest BCUT2D eigenvalue weighted by Crippen LogP contribution is 2.25. The fourth-order valence-electron chi connectivity index (χ4n) is 2.10. The molecule has 5 nitrogen and oxygen atoms in total. The maximum atomic E-state index is 5.69. The third-order valence-electron chi connectivity index (χ3n) is 3.07. The first-order valence-corrected chi connectivity index (χ1v) is 7.22. The van der Waals surface area contributed by atoms with Gasteiger partial charge in [0.1, 0.15) is 11.6 Å². The first kappa shape index (κ1) is 13.6. The molecule has 3 rings (SSSR count). The lowest BCUT2D eigenvalue weighted by molar-refractivity contribution is 1.17. The lowest BCUT2D eigenvalue weighted by Gasteiger charge is -2.09. The number of benzene rings is 2. The number of rotatable bonds is 3. The molecule has 0 amide bonds. The van der Waals surface area contributed by atoms with Gasteiger partial charge in [-0.25, -0.2) is 0 Å². The molecular weight excluding hydrogens is 330 g/mol. The van der Waals surface area contributed by atoms with Gasteiger partial charge in [-0.1, -0.05) is 28.1 Å². The van der Waals surface area contributed by atoms with E-state index >= 15 is 0 Å². The Morgan fingerprint density at radius 3 is 2.48 bits per heavy atom. The molecule has 0 aliphatic rings. The first-order valence-electron chi connectivity index (χ1n) is 6.43. The molecule has 0 saturated carbocycles. The molecule has 4 N–H and O–H groups in total. The van der Waals surface area contributed by atoms with Crippen LogP contribution in [0.4, 0.5) is 23.3 Å². The summed E-state index contributed by atoms with van der Waals surface area (Å²) in [4.78, 5) is 8.24. The fraction of sp³-hybridized carbons (Fsp3) is 0.0667. The molecule has 0 radical (unpaired) electrons. The Morgan fingerprint density at radius 1 is 0.952 bits per heavy atom. The molecule has 0 atom stereocenters. The number of fused-ring (bicyclic) bond motifs is 1. The van der Waals surface area contributed by atoms with Gasteiger partial charge in [-0.2, -0.15) is 9.97 Å². The highest BCUT2D eigenvalue weighted by atomic mass is 79.9. The number of nitrogens with two attached hydrogens (primary N) is 1. The predicted molar refractivity (Wildman–Crippen MR) is 90.9 cm³/mol. The van der Waals surface area contributed by atoms with Gasteiger partial charge in [0.05, 0.1) is 0 Å². The van der Waals surface area contributed by atoms with E-state index in [1.807, 2.05) is 18.2 Å². The Labute approximate surface area is 130 Å². The van der Waals surface area contributed by atoms with Crippen LogP contribution in [0.25, 0.3) is 10.8 Å². The number of halogens is 1. The van der Waals surface area contributed by atoms with Crippen molar-refractivity contribution in [2.24, 2.45) is 0 Å². The summed E-state index contributed by atoms with van der Waals surface area (Å²) < 4.78 is 1.07. The first-order chi connectivity index (χ1) is 10.1. The molecule has 0 aliphatic carbocycles. The van der Waals surface area contributed by atoms with Crippen LogP contribution in [0.15, 0.2) is 46.9 Å². The summed E-state index contributed by atoms with van der Waals surface area (Å²) in [6.07, 6.45) is 0. The van der Waals surface area contributed by atoms with Crippen LogP contribution in [0.2, 0.25) is 0 Å². The van der Waals surface area contributed by atoms with E-state index in [9.17, 15) is 0 Å². The van der Waals surface area contributed by atoms with Gasteiger partial charge in [0, 0.05) is 23.3 Å². The zero-order chi connectivity index (χ0) is 14.8. The second-order valence-corrected chi connectivity index (χ2v) is 5.49. The maximum absolute atomic E-state index is 5.69.